The van der Waals surface area contributed by atoms with Crippen LogP contribution in [-0.4, -0.2) is 29.4 Å². The number of hydrogen-bond donors (Lipinski definition) is 0. The van der Waals surface area contributed by atoms with Gasteiger partial charge in [-0.25, -0.2) is 4.79 Å². The van der Waals surface area contributed by atoms with Crippen molar-refractivity contribution in [3.05, 3.63) is 35.4 Å². The fraction of sp³-hybridized carbons (Fsp3) is 0.385. The molecule has 90 valence electrons. The molecule has 0 bridgehead atoms. The number of benzene rings is 1. The first-order valence-corrected chi connectivity index (χ1v) is 6.72. The van der Waals surface area contributed by atoms with Crippen LogP contribution >= 0.6 is 11.8 Å². The predicted molar refractivity (Wildman–Crippen MR) is 67.6 cm³/mol. The zero-order valence-corrected chi connectivity index (χ0v) is 10.5. The van der Waals surface area contributed by atoms with E-state index in [2.05, 4.69) is 0 Å². The summed E-state index contributed by atoms with van der Waals surface area (Å²) in [6.45, 7) is 1.50. The second-order valence-electron chi connectivity index (χ2n) is 4.02. The summed E-state index contributed by atoms with van der Waals surface area (Å²) >= 11 is 1.80. The second kappa shape index (κ2) is 5.36. The third-order valence-corrected chi connectivity index (χ3v) is 3.82. The average molecular weight is 250 g/mol. The van der Waals surface area contributed by atoms with Crippen molar-refractivity contribution in [1.29, 1.82) is 0 Å². The minimum Gasteiger partial charge on any atom is -0.458 e. The predicted octanol–water partition coefficient (Wildman–Crippen LogP) is 2.55. The van der Waals surface area contributed by atoms with Crippen LogP contribution in [-0.2, 0) is 4.74 Å². The van der Waals surface area contributed by atoms with Gasteiger partial charge in [-0.05, 0) is 31.2 Å². The van der Waals surface area contributed by atoms with Crippen LogP contribution in [0.5, 0.6) is 0 Å². The lowest BCUT2D eigenvalue weighted by atomic mass is 10.1. The molecule has 0 saturated carbocycles. The molecule has 1 fully saturated rings. The quantitative estimate of drug-likeness (QED) is 0.611. The number of carbonyl (C=O) groups is 2. The van der Waals surface area contributed by atoms with Gasteiger partial charge in [-0.15, -0.1) is 0 Å². The first kappa shape index (κ1) is 12.2. The lowest BCUT2D eigenvalue weighted by Gasteiger charge is -2.10. The molecular formula is C13H14O3S. The molecule has 1 saturated heterocycles. The fourth-order valence-corrected chi connectivity index (χ4v) is 2.76. The van der Waals surface area contributed by atoms with Gasteiger partial charge in [0.2, 0.25) is 0 Å². The lowest BCUT2D eigenvalue weighted by Crippen LogP contribution is -2.17. The number of ketones is 1. The molecule has 0 radical (unpaired) electrons. The molecule has 1 aromatic rings. The van der Waals surface area contributed by atoms with E-state index in [-0.39, 0.29) is 17.9 Å². The molecule has 1 aliphatic rings. The Morgan fingerprint density at radius 2 is 1.88 bits per heavy atom. The molecule has 0 aliphatic carbocycles. The number of carbonyl (C=O) groups excluding carboxylic acids is 2. The van der Waals surface area contributed by atoms with E-state index in [9.17, 15) is 9.59 Å². The Morgan fingerprint density at radius 3 is 2.41 bits per heavy atom. The summed E-state index contributed by atoms with van der Waals surface area (Å²) in [4.78, 5) is 22.9. The smallest absolute Gasteiger partial charge is 0.338 e. The summed E-state index contributed by atoms with van der Waals surface area (Å²) in [7, 11) is 0. The minimum atomic E-state index is -0.299. The summed E-state index contributed by atoms with van der Waals surface area (Å²) in [6.07, 6.45) is 0.974. The van der Waals surface area contributed by atoms with Crippen LogP contribution in [0.2, 0.25) is 0 Å². The number of rotatable bonds is 3. The van der Waals surface area contributed by atoms with Crippen molar-refractivity contribution < 1.29 is 14.3 Å². The number of Topliss-reactive ketones (excluding diaryl/α,β-unsaturated/α-hetero) is 1. The number of hydrogen-bond acceptors (Lipinski definition) is 4. The second-order valence-corrected chi connectivity index (χ2v) is 5.17. The highest BCUT2D eigenvalue weighted by Gasteiger charge is 2.20. The third kappa shape index (κ3) is 3.09. The summed E-state index contributed by atoms with van der Waals surface area (Å²) in [5, 5.41) is 0. The average Bonchev–Trinajstić information content (AvgIpc) is 2.82. The summed E-state index contributed by atoms with van der Waals surface area (Å²) < 4.78 is 5.35. The van der Waals surface area contributed by atoms with E-state index in [0.29, 0.717) is 11.1 Å². The van der Waals surface area contributed by atoms with Crippen molar-refractivity contribution >= 4 is 23.5 Å². The Hall–Kier alpha value is -1.29. The first-order chi connectivity index (χ1) is 8.16. The van der Waals surface area contributed by atoms with Gasteiger partial charge in [-0.2, -0.15) is 11.8 Å². The topological polar surface area (TPSA) is 43.4 Å². The number of ether oxygens (including phenoxy) is 1. The molecule has 0 aromatic heterocycles. The molecule has 2 rings (SSSR count). The Morgan fingerprint density at radius 1 is 1.24 bits per heavy atom. The maximum Gasteiger partial charge on any atom is 0.338 e. The van der Waals surface area contributed by atoms with Crippen molar-refractivity contribution in [2.24, 2.45) is 0 Å². The monoisotopic (exact) mass is 250 g/mol. The SMILES string of the molecule is CC(=O)c1ccc(C(=O)O[C@H]2CCSC2)cc1. The zero-order chi connectivity index (χ0) is 12.3. The van der Waals surface area contributed by atoms with Gasteiger partial charge in [0.25, 0.3) is 0 Å². The van der Waals surface area contributed by atoms with Gasteiger partial charge in [-0.3, -0.25) is 4.79 Å². The van der Waals surface area contributed by atoms with Crippen molar-refractivity contribution in [2.45, 2.75) is 19.4 Å². The van der Waals surface area contributed by atoms with Crippen LogP contribution in [0.15, 0.2) is 24.3 Å². The van der Waals surface area contributed by atoms with E-state index in [1.807, 2.05) is 0 Å². The van der Waals surface area contributed by atoms with Gasteiger partial charge in [0.1, 0.15) is 6.10 Å². The van der Waals surface area contributed by atoms with E-state index in [0.717, 1.165) is 17.9 Å². The van der Waals surface area contributed by atoms with Crippen LogP contribution in [0.3, 0.4) is 0 Å². The Kier molecular flexibility index (Phi) is 3.84. The van der Waals surface area contributed by atoms with Crippen molar-refractivity contribution in [3.8, 4) is 0 Å². The van der Waals surface area contributed by atoms with E-state index in [4.69, 9.17) is 4.74 Å². The largest absolute Gasteiger partial charge is 0.458 e. The minimum absolute atomic E-state index is 0.00268. The molecule has 1 aliphatic heterocycles. The molecule has 0 spiro atoms. The molecule has 1 heterocycles. The summed E-state index contributed by atoms with van der Waals surface area (Å²) in [5.74, 6) is 1.64. The van der Waals surface area contributed by atoms with E-state index < -0.39 is 0 Å². The van der Waals surface area contributed by atoms with E-state index in [1.165, 1.54) is 6.92 Å². The Labute approximate surface area is 105 Å². The van der Waals surface area contributed by atoms with Gasteiger partial charge in [0, 0.05) is 11.3 Å². The molecule has 0 amide bonds. The summed E-state index contributed by atoms with van der Waals surface area (Å²) in [5.41, 5.74) is 1.12. The highest BCUT2D eigenvalue weighted by molar-refractivity contribution is 7.99. The normalized spacial score (nSPS) is 19.0. The lowest BCUT2D eigenvalue weighted by molar-refractivity contribution is 0.0356. The van der Waals surface area contributed by atoms with Crippen LogP contribution in [0.1, 0.15) is 34.1 Å². The maximum atomic E-state index is 11.8. The highest BCUT2D eigenvalue weighted by atomic mass is 32.2. The number of thioether (sulfide) groups is 1. The van der Waals surface area contributed by atoms with E-state index in [1.54, 1.807) is 36.0 Å². The van der Waals surface area contributed by atoms with Gasteiger partial charge >= 0.3 is 5.97 Å². The van der Waals surface area contributed by atoms with Gasteiger partial charge in [-0.1, -0.05) is 12.1 Å². The zero-order valence-electron chi connectivity index (χ0n) is 9.64. The van der Waals surface area contributed by atoms with Gasteiger partial charge in [0.15, 0.2) is 5.78 Å². The Balaban J connectivity index is 2.01. The van der Waals surface area contributed by atoms with Crippen LogP contribution in [0, 0.1) is 0 Å². The van der Waals surface area contributed by atoms with Gasteiger partial charge in [0.05, 0.1) is 5.56 Å². The van der Waals surface area contributed by atoms with Crippen LogP contribution in [0.4, 0.5) is 0 Å². The molecular weight excluding hydrogens is 236 g/mol. The molecule has 1 aromatic carbocycles. The molecule has 17 heavy (non-hydrogen) atoms. The van der Waals surface area contributed by atoms with Crippen molar-refractivity contribution in [3.63, 3.8) is 0 Å². The molecule has 1 atom stereocenters. The van der Waals surface area contributed by atoms with Crippen molar-refractivity contribution in [1.82, 2.24) is 0 Å². The fourth-order valence-electron chi connectivity index (χ4n) is 1.67. The molecule has 4 heteroatoms. The Bertz CT molecular complexity index is 419. The standard InChI is InChI=1S/C13H14O3S/c1-9(14)10-2-4-11(5-3-10)13(15)16-12-6-7-17-8-12/h2-5,12H,6-8H2,1H3/t12-/m0/s1. The summed E-state index contributed by atoms with van der Waals surface area (Å²) in [6, 6.07) is 6.59. The molecule has 3 nitrogen and oxygen atoms in total. The van der Waals surface area contributed by atoms with Crippen LogP contribution in [0.25, 0.3) is 0 Å². The van der Waals surface area contributed by atoms with E-state index >= 15 is 0 Å². The highest BCUT2D eigenvalue weighted by Crippen LogP contribution is 2.21. The molecule has 0 unspecified atom stereocenters. The van der Waals surface area contributed by atoms with Crippen molar-refractivity contribution in [2.75, 3.05) is 11.5 Å². The molecule has 0 N–H and O–H groups in total. The van der Waals surface area contributed by atoms with Gasteiger partial charge < -0.3 is 4.74 Å². The maximum absolute atomic E-state index is 11.8. The first-order valence-electron chi connectivity index (χ1n) is 5.56. The third-order valence-electron chi connectivity index (χ3n) is 2.69. The number of esters is 1. The van der Waals surface area contributed by atoms with Crippen LogP contribution < -0.4 is 0 Å².